The first-order valence-electron chi connectivity index (χ1n) is 7.98. The summed E-state index contributed by atoms with van der Waals surface area (Å²) in [7, 11) is 1.95. The van der Waals surface area contributed by atoms with Gasteiger partial charge in [0, 0.05) is 51.0 Å². The van der Waals surface area contributed by atoms with E-state index in [1.165, 1.54) is 0 Å². The van der Waals surface area contributed by atoms with Crippen molar-refractivity contribution in [1.82, 2.24) is 34.5 Å². The fraction of sp³-hybridized carbons (Fsp3) is 0.600. The number of imidazole rings is 1. The van der Waals surface area contributed by atoms with Crippen LogP contribution in [0.4, 0.5) is 4.79 Å². The Bertz CT molecular complexity index is 636. The van der Waals surface area contributed by atoms with Gasteiger partial charge in [0.05, 0.1) is 6.33 Å². The molecule has 23 heavy (non-hydrogen) atoms. The normalized spacial score (nSPS) is 19.6. The van der Waals surface area contributed by atoms with E-state index in [1.54, 1.807) is 18.9 Å². The molecule has 3 rings (SSSR count). The van der Waals surface area contributed by atoms with Crippen molar-refractivity contribution in [2.75, 3.05) is 13.1 Å². The van der Waals surface area contributed by atoms with Crippen LogP contribution in [0.25, 0.3) is 0 Å². The number of amides is 2. The molecule has 0 saturated carbocycles. The van der Waals surface area contributed by atoms with Gasteiger partial charge >= 0.3 is 6.03 Å². The van der Waals surface area contributed by atoms with E-state index in [9.17, 15) is 4.79 Å². The van der Waals surface area contributed by atoms with Gasteiger partial charge in [0.15, 0.2) is 0 Å². The summed E-state index contributed by atoms with van der Waals surface area (Å²) in [6.45, 7) is 4.20. The minimum atomic E-state index is -0.00974. The molecule has 8 nitrogen and oxygen atoms in total. The lowest BCUT2D eigenvalue weighted by atomic mass is 9.97. The molecule has 0 spiro atoms. The van der Waals surface area contributed by atoms with Gasteiger partial charge in [0.25, 0.3) is 0 Å². The number of piperidine rings is 1. The Morgan fingerprint density at radius 1 is 1.48 bits per heavy atom. The minimum absolute atomic E-state index is 0.00974. The molecule has 0 radical (unpaired) electrons. The SMILES string of the molecule is C[C@H](Cn1ccnc1)NC(=O)N1CCC[C@H](c2nncn2C)C1. The van der Waals surface area contributed by atoms with Crippen molar-refractivity contribution in [3.05, 3.63) is 30.9 Å². The molecule has 2 aromatic rings. The molecule has 8 heteroatoms. The lowest BCUT2D eigenvalue weighted by Gasteiger charge is -2.33. The molecule has 1 saturated heterocycles. The van der Waals surface area contributed by atoms with Gasteiger partial charge in [-0.2, -0.15) is 0 Å². The quantitative estimate of drug-likeness (QED) is 0.912. The summed E-state index contributed by atoms with van der Waals surface area (Å²) in [6, 6.07) is 0.0383. The Balaban J connectivity index is 1.55. The standard InChI is InChI=1S/C15H23N7O/c1-12(8-21-7-5-16-10-21)18-15(23)22-6-3-4-13(9-22)14-19-17-11-20(14)2/h5,7,10-13H,3-4,6,8-9H2,1-2H3,(H,18,23)/t12-,13+/m1/s1. The van der Waals surface area contributed by atoms with Crippen LogP contribution in [0.5, 0.6) is 0 Å². The van der Waals surface area contributed by atoms with Crippen molar-refractivity contribution in [2.24, 2.45) is 7.05 Å². The third-order valence-corrected chi connectivity index (χ3v) is 4.23. The molecule has 2 aromatic heterocycles. The van der Waals surface area contributed by atoms with E-state index < -0.39 is 0 Å². The number of nitrogens with one attached hydrogen (secondary N) is 1. The van der Waals surface area contributed by atoms with E-state index in [-0.39, 0.29) is 18.0 Å². The maximum Gasteiger partial charge on any atom is 0.317 e. The molecular weight excluding hydrogens is 294 g/mol. The van der Waals surface area contributed by atoms with Crippen LogP contribution in [-0.4, -0.2) is 54.4 Å². The zero-order chi connectivity index (χ0) is 16.2. The number of nitrogens with zero attached hydrogens (tertiary/aromatic N) is 6. The summed E-state index contributed by atoms with van der Waals surface area (Å²) in [5, 5.41) is 11.2. The van der Waals surface area contributed by atoms with Crippen LogP contribution in [0.3, 0.4) is 0 Å². The average Bonchev–Trinajstić information content (AvgIpc) is 3.19. The van der Waals surface area contributed by atoms with Gasteiger partial charge < -0.3 is 19.4 Å². The molecule has 1 aliphatic rings. The third kappa shape index (κ3) is 3.69. The Hall–Kier alpha value is -2.38. The number of aromatic nitrogens is 5. The van der Waals surface area contributed by atoms with Crippen LogP contribution in [0.15, 0.2) is 25.0 Å². The molecule has 0 aliphatic carbocycles. The first-order valence-corrected chi connectivity index (χ1v) is 7.98. The molecule has 1 N–H and O–H groups in total. The molecule has 1 aliphatic heterocycles. The second-order valence-corrected chi connectivity index (χ2v) is 6.20. The first kappa shape index (κ1) is 15.5. The molecular formula is C15H23N7O. The molecule has 2 atom stereocenters. The summed E-state index contributed by atoms with van der Waals surface area (Å²) in [6.07, 6.45) is 9.13. The largest absolute Gasteiger partial charge is 0.335 e. The lowest BCUT2D eigenvalue weighted by Crippen LogP contribution is -2.48. The Kier molecular flexibility index (Phi) is 4.59. The fourth-order valence-corrected chi connectivity index (χ4v) is 3.09. The van der Waals surface area contributed by atoms with Gasteiger partial charge in [-0.15, -0.1) is 10.2 Å². The maximum atomic E-state index is 12.5. The first-order chi connectivity index (χ1) is 11.1. The molecule has 2 amide bonds. The smallest absolute Gasteiger partial charge is 0.317 e. The average molecular weight is 317 g/mol. The van der Waals surface area contributed by atoms with E-state index in [1.807, 2.05) is 34.2 Å². The van der Waals surface area contributed by atoms with Crippen LogP contribution < -0.4 is 5.32 Å². The van der Waals surface area contributed by atoms with Crippen LogP contribution in [-0.2, 0) is 13.6 Å². The Morgan fingerprint density at radius 3 is 3.04 bits per heavy atom. The molecule has 1 fully saturated rings. The highest BCUT2D eigenvalue weighted by Gasteiger charge is 2.27. The van der Waals surface area contributed by atoms with Crippen LogP contribution in [0.1, 0.15) is 31.5 Å². The number of carbonyl (C=O) groups is 1. The van der Waals surface area contributed by atoms with Gasteiger partial charge in [-0.1, -0.05) is 0 Å². The summed E-state index contributed by atoms with van der Waals surface area (Å²) in [4.78, 5) is 18.4. The van der Waals surface area contributed by atoms with E-state index in [2.05, 4.69) is 20.5 Å². The number of hydrogen-bond acceptors (Lipinski definition) is 4. The van der Waals surface area contributed by atoms with Crippen LogP contribution in [0.2, 0.25) is 0 Å². The van der Waals surface area contributed by atoms with Gasteiger partial charge in [-0.3, -0.25) is 0 Å². The topological polar surface area (TPSA) is 80.9 Å². The Labute approximate surface area is 135 Å². The molecule has 0 bridgehead atoms. The highest BCUT2D eigenvalue weighted by Crippen LogP contribution is 2.24. The number of likely N-dealkylation sites (tertiary alicyclic amines) is 1. The lowest BCUT2D eigenvalue weighted by molar-refractivity contribution is 0.174. The zero-order valence-electron chi connectivity index (χ0n) is 13.6. The fourth-order valence-electron chi connectivity index (χ4n) is 3.09. The van der Waals surface area contributed by atoms with Crippen molar-refractivity contribution in [2.45, 2.75) is 38.3 Å². The monoisotopic (exact) mass is 317 g/mol. The summed E-state index contributed by atoms with van der Waals surface area (Å²) < 4.78 is 3.90. The predicted octanol–water partition coefficient (Wildman–Crippen LogP) is 0.989. The highest BCUT2D eigenvalue weighted by molar-refractivity contribution is 5.74. The molecule has 0 unspecified atom stereocenters. The van der Waals surface area contributed by atoms with Crippen molar-refractivity contribution in [3.8, 4) is 0 Å². The minimum Gasteiger partial charge on any atom is -0.335 e. The number of aryl methyl sites for hydroxylation is 1. The van der Waals surface area contributed by atoms with Gasteiger partial charge in [0.2, 0.25) is 0 Å². The van der Waals surface area contributed by atoms with Crippen molar-refractivity contribution in [1.29, 1.82) is 0 Å². The van der Waals surface area contributed by atoms with Crippen molar-refractivity contribution < 1.29 is 4.79 Å². The molecule has 3 heterocycles. The van der Waals surface area contributed by atoms with Gasteiger partial charge in [0.1, 0.15) is 12.2 Å². The predicted molar refractivity (Wildman–Crippen MR) is 84.8 cm³/mol. The van der Waals surface area contributed by atoms with E-state index in [0.29, 0.717) is 13.1 Å². The van der Waals surface area contributed by atoms with Gasteiger partial charge in [-0.05, 0) is 19.8 Å². The van der Waals surface area contributed by atoms with E-state index in [4.69, 9.17) is 0 Å². The molecule has 124 valence electrons. The van der Waals surface area contributed by atoms with E-state index in [0.717, 1.165) is 25.2 Å². The number of rotatable bonds is 4. The number of carbonyl (C=O) groups excluding carboxylic acids is 1. The number of urea groups is 1. The molecule has 0 aromatic carbocycles. The summed E-state index contributed by atoms with van der Waals surface area (Å²) in [5.41, 5.74) is 0. The van der Waals surface area contributed by atoms with E-state index >= 15 is 0 Å². The summed E-state index contributed by atoms with van der Waals surface area (Å²) in [5.74, 6) is 1.21. The third-order valence-electron chi connectivity index (χ3n) is 4.23. The van der Waals surface area contributed by atoms with Crippen LogP contribution >= 0.6 is 0 Å². The van der Waals surface area contributed by atoms with Crippen molar-refractivity contribution >= 4 is 6.03 Å². The van der Waals surface area contributed by atoms with Crippen LogP contribution in [0, 0.1) is 0 Å². The second-order valence-electron chi connectivity index (χ2n) is 6.20. The number of hydrogen-bond donors (Lipinski definition) is 1. The zero-order valence-corrected chi connectivity index (χ0v) is 13.6. The maximum absolute atomic E-state index is 12.5. The van der Waals surface area contributed by atoms with Crippen molar-refractivity contribution in [3.63, 3.8) is 0 Å². The second kappa shape index (κ2) is 6.80. The summed E-state index contributed by atoms with van der Waals surface area (Å²) >= 11 is 0. The Morgan fingerprint density at radius 2 is 2.35 bits per heavy atom. The van der Waals surface area contributed by atoms with Gasteiger partial charge in [-0.25, -0.2) is 9.78 Å². The highest BCUT2D eigenvalue weighted by atomic mass is 16.2.